The molecule has 0 aromatic carbocycles. The Balaban J connectivity index is 2.20. The van der Waals surface area contributed by atoms with Crippen LogP contribution < -0.4 is 0 Å². The number of hydrogen-bond acceptors (Lipinski definition) is 3. The van der Waals surface area contributed by atoms with Crippen molar-refractivity contribution in [2.45, 2.75) is 30.6 Å². The molecule has 0 saturated carbocycles. The van der Waals surface area contributed by atoms with E-state index in [0.717, 1.165) is 30.6 Å². The highest BCUT2D eigenvalue weighted by Gasteiger charge is 2.02. The lowest BCUT2D eigenvalue weighted by molar-refractivity contribution is 0.283. The van der Waals surface area contributed by atoms with Crippen LogP contribution in [0.3, 0.4) is 0 Å². The molecule has 0 aliphatic rings. The van der Waals surface area contributed by atoms with Gasteiger partial charge < -0.3 is 5.11 Å². The molecule has 0 radical (unpaired) electrons. The number of aromatic nitrogens is 1. The van der Waals surface area contributed by atoms with Crippen molar-refractivity contribution in [3.8, 4) is 0 Å². The highest BCUT2D eigenvalue weighted by atomic mass is 32.2. The van der Waals surface area contributed by atoms with E-state index in [1.54, 1.807) is 18.5 Å². The average molecular weight is 227 g/mol. The van der Waals surface area contributed by atoms with E-state index < -0.39 is 10.8 Å². The Bertz CT molecular complexity index is 290. The predicted octanol–water partition coefficient (Wildman–Crippen LogP) is 1.74. The summed E-state index contributed by atoms with van der Waals surface area (Å²) in [5, 5.41) is 8.58. The zero-order valence-corrected chi connectivity index (χ0v) is 9.58. The summed E-state index contributed by atoms with van der Waals surface area (Å²) in [6.07, 6.45) is 7.18. The van der Waals surface area contributed by atoms with Crippen molar-refractivity contribution in [2.75, 3.05) is 12.4 Å². The molecule has 0 aliphatic carbocycles. The first-order valence-corrected chi connectivity index (χ1v) is 6.56. The number of hydrogen-bond donors (Lipinski definition) is 1. The van der Waals surface area contributed by atoms with Gasteiger partial charge in [-0.3, -0.25) is 9.19 Å². The number of aliphatic hydroxyl groups is 1. The van der Waals surface area contributed by atoms with Crippen LogP contribution in [0.15, 0.2) is 29.4 Å². The molecule has 1 atom stereocenters. The van der Waals surface area contributed by atoms with E-state index >= 15 is 0 Å². The molecule has 1 unspecified atom stereocenters. The third kappa shape index (κ3) is 5.04. The van der Waals surface area contributed by atoms with E-state index in [0.29, 0.717) is 5.75 Å². The fraction of sp³-hybridized carbons (Fsp3) is 0.545. The second-order valence-corrected chi connectivity index (χ2v) is 4.95. The lowest BCUT2D eigenvalue weighted by atomic mass is 10.2. The number of unbranched alkanes of at least 4 members (excludes halogenated alkanes) is 3. The van der Waals surface area contributed by atoms with Crippen LogP contribution in [-0.4, -0.2) is 26.7 Å². The van der Waals surface area contributed by atoms with Gasteiger partial charge in [0.15, 0.2) is 0 Å². The van der Waals surface area contributed by atoms with Crippen LogP contribution in [-0.2, 0) is 10.8 Å². The van der Waals surface area contributed by atoms with E-state index in [1.165, 1.54) is 0 Å². The molecule has 0 bridgehead atoms. The Hall–Kier alpha value is -0.740. The Morgan fingerprint density at radius 2 is 2.07 bits per heavy atom. The molecule has 84 valence electrons. The Morgan fingerprint density at radius 1 is 1.27 bits per heavy atom. The van der Waals surface area contributed by atoms with Gasteiger partial charge in [0.1, 0.15) is 0 Å². The molecule has 4 heteroatoms. The van der Waals surface area contributed by atoms with E-state index in [-0.39, 0.29) is 6.61 Å². The molecule has 0 spiro atoms. The maximum absolute atomic E-state index is 11.7. The Morgan fingerprint density at radius 3 is 2.73 bits per heavy atom. The summed E-state index contributed by atoms with van der Waals surface area (Å²) >= 11 is 0. The first kappa shape index (κ1) is 12.3. The summed E-state index contributed by atoms with van der Waals surface area (Å²) in [4.78, 5) is 4.74. The molecule has 1 aromatic rings. The fourth-order valence-corrected chi connectivity index (χ4v) is 2.41. The van der Waals surface area contributed by atoms with Crippen molar-refractivity contribution in [3.63, 3.8) is 0 Å². The SMILES string of the molecule is O=S(CCCCCCO)c1cccnc1. The summed E-state index contributed by atoms with van der Waals surface area (Å²) in [6, 6.07) is 3.65. The van der Waals surface area contributed by atoms with Gasteiger partial charge >= 0.3 is 0 Å². The first-order valence-electron chi connectivity index (χ1n) is 5.24. The summed E-state index contributed by atoms with van der Waals surface area (Å²) in [7, 11) is -0.914. The van der Waals surface area contributed by atoms with Gasteiger partial charge in [0.25, 0.3) is 0 Å². The standard InChI is InChI=1S/C11H17NO2S/c13-8-3-1-2-4-9-15(14)11-6-5-7-12-10-11/h5-7,10,13H,1-4,8-9H2. The van der Waals surface area contributed by atoms with Gasteiger partial charge in [-0.2, -0.15) is 0 Å². The lowest BCUT2D eigenvalue weighted by Gasteiger charge is -2.01. The number of pyridine rings is 1. The number of aliphatic hydroxyl groups excluding tert-OH is 1. The molecule has 0 fully saturated rings. The monoisotopic (exact) mass is 227 g/mol. The summed E-state index contributed by atoms with van der Waals surface area (Å²) < 4.78 is 11.7. The van der Waals surface area contributed by atoms with Crippen LogP contribution in [0.25, 0.3) is 0 Å². The van der Waals surface area contributed by atoms with Gasteiger partial charge in [-0.15, -0.1) is 0 Å². The minimum absolute atomic E-state index is 0.256. The second kappa shape index (κ2) is 7.54. The predicted molar refractivity (Wildman–Crippen MR) is 61.1 cm³/mol. The Labute approximate surface area is 93.0 Å². The average Bonchev–Trinajstić information content (AvgIpc) is 2.30. The van der Waals surface area contributed by atoms with Crippen LogP contribution >= 0.6 is 0 Å². The third-order valence-corrected chi connectivity index (χ3v) is 3.56. The van der Waals surface area contributed by atoms with Crippen molar-refractivity contribution in [1.82, 2.24) is 4.98 Å². The van der Waals surface area contributed by atoms with Gasteiger partial charge in [0.2, 0.25) is 0 Å². The zero-order chi connectivity index (χ0) is 10.9. The molecule has 1 rings (SSSR count). The van der Waals surface area contributed by atoms with Gasteiger partial charge in [-0.05, 0) is 25.0 Å². The molecule has 1 aromatic heterocycles. The number of nitrogens with zero attached hydrogens (tertiary/aromatic N) is 1. The van der Waals surface area contributed by atoms with Crippen molar-refractivity contribution in [1.29, 1.82) is 0 Å². The van der Waals surface area contributed by atoms with Crippen LogP contribution in [0, 0.1) is 0 Å². The summed E-state index contributed by atoms with van der Waals surface area (Å²) in [5.41, 5.74) is 0. The minimum Gasteiger partial charge on any atom is -0.396 e. The zero-order valence-electron chi connectivity index (χ0n) is 8.76. The summed E-state index contributed by atoms with van der Waals surface area (Å²) in [6.45, 7) is 0.256. The van der Waals surface area contributed by atoms with E-state index in [1.807, 2.05) is 6.07 Å². The topological polar surface area (TPSA) is 50.2 Å². The first-order chi connectivity index (χ1) is 7.34. The van der Waals surface area contributed by atoms with Crippen molar-refractivity contribution in [2.24, 2.45) is 0 Å². The highest BCUT2D eigenvalue weighted by Crippen LogP contribution is 2.07. The van der Waals surface area contributed by atoms with Crippen molar-refractivity contribution in [3.05, 3.63) is 24.5 Å². The Kier molecular flexibility index (Phi) is 6.20. The van der Waals surface area contributed by atoms with Crippen LogP contribution in [0.1, 0.15) is 25.7 Å². The molecular formula is C11H17NO2S. The largest absolute Gasteiger partial charge is 0.396 e. The molecule has 3 nitrogen and oxygen atoms in total. The minimum atomic E-state index is -0.914. The van der Waals surface area contributed by atoms with Gasteiger partial charge in [-0.25, -0.2) is 0 Å². The van der Waals surface area contributed by atoms with Crippen LogP contribution in [0.2, 0.25) is 0 Å². The maximum Gasteiger partial charge on any atom is 0.0571 e. The van der Waals surface area contributed by atoms with Crippen molar-refractivity contribution < 1.29 is 9.32 Å². The maximum atomic E-state index is 11.7. The van der Waals surface area contributed by atoms with Crippen molar-refractivity contribution >= 4 is 10.8 Å². The smallest absolute Gasteiger partial charge is 0.0571 e. The van der Waals surface area contributed by atoms with E-state index in [4.69, 9.17) is 5.11 Å². The van der Waals surface area contributed by atoms with E-state index in [2.05, 4.69) is 4.98 Å². The van der Waals surface area contributed by atoms with Gasteiger partial charge in [0.05, 0.1) is 15.7 Å². The quantitative estimate of drug-likeness (QED) is 0.722. The summed E-state index contributed by atoms with van der Waals surface area (Å²) in [5.74, 6) is 0.692. The highest BCUT2D eigenvalue weighted by molar-refractivity contribution is 7.85. The normalized spacial score (nSPS) is 12.6. The number of rotatable bonds is 7. The van der Waals surface area contributed by atoms with Gasteiger partial charge in [-0.1, -0.05) is 12.8 Å². The molecule has 0 saturated heterocycles. The fourth-order valence-electron chi connectivity index (χ4n) is 1.30. The van der Waals surface area contributed by atoms with E-state index in [9.17, 15) is 4.21 Å². The molecule has 0 amide bonds. The van der Waals surface area contributed by atoms with Crippen LogP contribution in [0.5, 0.6) is 0 Å². The second-order valence-electron chi connectivity index (χ2n) is 3.38. The third-order valence-electron chi connectivity index (χ3n) is 2.14. The molecule has 15 heavy (non-hydrogen) atoms. The molecular weight excluding hydrogens is 210 g/mol. The van der Waals surface area contributed by atoms with Crippen LogP contribution in [0.4, 0.5) is 0 Å². The van der Waals surface area contributed by atoms with Gasteiger partial charge in [0, 0.05) is 24.8 Å². The molecule has 1 heterocycles. The molecule has 1 N–H and O–H groups in total. The lowest BCUT2D eigenvalue weighted by Crippen LogP contribution is -1.98. The molecule has 0 aliphatic heterocycles.